The van der Waals surface area contributed by atoms with Gasteiger partial charge in [-0.1, -0.05) is 57.2 Å². The Morgan fingerprint density at radius 3 is 1.97 bits per heavy atom. The van der Waals surface area contributed by atoms with E-state index >= 15 is 0 Å². The monoisotopic (exact) mass is 436 g/mol. The summed E-state index contributed by atoms with van der Waals surface area (Å²) in [4.78, 5) is 0. The molecule has 3 rings (SSSR count). The summed E-state index contributed by atoms with van der Waals surface area (Å²) in [7, 11) is 0.528. The van der Waals surface area contributed by atoms with Crippen LogP contribution in [-0.4, -0.2) is 22.2 Å². The van der Waals surface area contributed by atoms with Crippen molar-refractivity contribution >= 4 is 14.7 Å². The van der Waals surface area contributed by atoms with Gasteiger partial charge in [0.25, 0.3) is 0 Å². The molecular weight excluding hydrogens is 398 g/mol. The Kier molecular flexibility index (Phi) is 9.03. The third-order valence-corrected chi connectivity index (χ3v) is 8.71. The van der Waals surface area contributed by atoms with Gasteiger partial charge in [0.05, 0.1) is 9.52 Å². The lowest BCUT2D eigenvalue weighted by Gasteiger charge is -2.37. The average molecular weight is 437 g/mol. The lowest BCUT2D eigenvalue weighted by atomic mass is 9.69. The number of rotatable bonds is 9. The van der Waals surface area contributed by atoms with Crippen LogP contribution in [0.15, 0.2) is 18.2 Å². The van der Waals surface area contributed by atoms with Crippen molar-refractivity contribution in [2.24, 2.45) is 23.7 Å². The first kappa shape index (κ1) is 23.6. The zero-order valence-electron chi connectivity index (χ0n) is 18.8. The molecule has 2 saturated carbocycles. The van der Waals surface area contributed by atoms with Crippen molar-refractivity contribution < 1.29 is 18.3 Å². The van der Waals surface area contributed by atoms with Crippen LogP contribution >= 0.6 is 0 Å². The summed E-state index contributed by atoms with van der Waals surface area (Å²) < 4.78 is 37.6. The number of halogens is 2. The van der Waals surface area contributed by atoms with Crippen molar-refractivity contribution in [3.05, 3.63) is 18.2 Å². The molecule has 0 aliphatic heterocycles. The Bertz CT molecular complexity index is 636. The minimum atomic E-state index is -1.46. The van der Waals surface area contributed by atoms with Crippen LogP contribution in [0.3, 0.4) is 0 Å². The molecule has 0 amide bonds. The molecule has 2 atom stereocenters. The molecule has 0 spiro atoms. The van der Waals surface area contributed by atoms with Gasteiger partial charge in [0.2, 0.25) is 12.7 Å². The van der Waals surface area contributed by atoms with Crippen LogP contribution in [0.1, 0.15) is 78.6 Å². The smallest absolute Gasteiger partial charge is 0.236 e. The Hall–Kier alpha value is -1.10. The van der Waals surface area contributed by atoms with Gasteiger partial charge in [0.15, 0.2) is 11.5 Å². The van der Waals surface area contributed by atoms with E-state index in [1.807, 2.05) is 12.1 Å². The quantitative estimate of drug-likeness (QED) is 0.394. The molecule has 2 unspecified atom stereocenters. The normalized spacial score (nSPS) is 29.2. The number of ether oxygens (including phenoxy) is 2. The van der Waals surface area contributed by atoms with Gasteiger partial charge in [-0.05, 0) is 60.6 Å². The summed E-state index contributed by atoms with van der Waals surface area (Å²) in [5.41, 5.74) is 0. The fourth-order valence-corrected chi connectivity index (χ4v) is 6.87. The highest BCUT2D eigenvalue weighted by Gasteiger charge is 2.30. The highest BCUT2D eigenvalue weighted by Crippen LogP contribution is 2.42. The molecule has 30 heavy (non-hydrogen) atoms. The largest absolute Gasteiger partial charge is 0.457 e. The van der Waals surface area contributed by atoms with Gasteiger partial charge >= 0.3 is 0 Å². The van der Waals surface area contributed by atoms with E-state index in [0.717, 1.165) is 34.9 Å². The number of hydrogen-bond acceptors (Lipinski definition) is 2. The van der Waals surface area contributed by atoms with Crippen LogP contribution in [0.25, 0.3) is 0 Å². The fraction of sp³-hybridized carbons (Fsp3) is 0.760. The van der Waals surface area contributed by atoms with E-state index in [1.165, 1.54) is 71.6 Å². The van der Waals surface area contributed by atoms with Crippen molar-refractivity contribution in [3.63, 3.8) is 0 Å². The van der Waals surface area contributed by atoms with Gasteiger partial charge in [-0.2, -0.15) is 0 Å². The van der Waals surface area contributed by atoms with Crippen molar-refractivity contribution in [1.29, 1.82) is 0 Å². The van der Waals surface area contributed by atoms with Crippen LogP contribution in [-0.2, 0) is 0 Å². The zero-order valence-corrected chi connectivity index (χ0v) is 19.8. The number of para-hydroxylation sites is 1. The molecule has 5 heteroatoms. The molecule has 2 aliphatic rings. The van der Waals surface area contributed by atoms with Crippen LogP contribution < -0.4 is 14.7 Å². The number of hydrogen-bond donors (Lipinski definition) is 0. The Morgan fingerprint density at radius 1 is 0.867 bits per heavy atom. The summed E-state index contributed by atoms with van der Waals surface area (Å²) in [6, 6.07) is 6.56. The Morgan fingerprint density at radius 2 is 1.43 bits per heavy atom. The first-order chi connectivity index (χ1) is 14.5. The first-order valence-electron chi connectivity index (χ1n) is 11.9. The van der Waals surface area contributed by atoms with Crippen LogP contribution in [0, 0.1) is 23.7 Å². The molecule has 0 N–H and O–H groups in total. The Labute approximate surface area is 183 Å². The number of alkyl halides is 2. The molecule has 1 aromatic carbocycles. The summed E-state index contributed by atoms with van der Waals surface area (Å²) in [6.45, 7) is 5.00. The topological polar surface area (TPSA) is 18.5 Å². The minimum absolute atomic E-state index is 0.297. The fourth-order valence-electron chi connectivity index (χ4n) is 5.39. The van der Waals surface area contributed by atoms with Gasteiger partial charge < -0.3 is 9.47 Å². The van der Waals surface area contributed by atoms with E-state index in [-0.39, 0.29) is 0 Å². The minimum Gasteiger partial charge on any atom is -0.457 e. The summed E-state index contributed by atoms with van der Waals surface area (Å²) in [5.74, 6) is 4.26. The predicted octanol–water partition coefficient (Wildman–Crippen LogP) is 6.85. The lowest BCUT2D eigenvalue weighted by Crippen LogP contribution is -2.27. The predicted molar refractivity (Wildman–Crippen MR) is 120 cm³/mol. The van der Waals surface area contributed by atoms with Crippen molar-refractivity contribution in [2.45, 2.75) is 97.3 Å². The maximum atomic E-state index is 13.6. The molecule has 2 fully saturated rings. The summed E-state index contributed by atoms with van der Waals surface area (Å²) in [6.07, 6.45) is 9.54. The third kappa shape index (κ3) is 6.70. The van der Waals surface area contributed by atoms with E-state index in [4.69, 9.17) is 9.47 Å². The van der Waals surface area contributed by atoms with Crippen LogP contribution in [0.5, 0.6) is 11.5 Å². The van der Waals surface area contributed by atoms with Gasteiger partial charge in [-0.15, -0.1) is 0 Å². The van der Waals surface area contributed by atoms with E-state index in [0.29, 0.717) is 21.0 Å². The summed E-state index contributed by atoms with van der Waals surface area (Å²) in [5, 5.41) is 0.942. The second kappa shape index (κ2) is 11.5. The first-order valence-corrected chi connectivity index (χ1v) is 13.1. The van der Waals surface area contributed by atoms with Crippen molar-refractivity contribution in [1.82, 2.24) is 0 Å². The molecule has 0 aromatic heterocycles. The molecule has 2 nitrogen and oxygen atoms in total. The molecule has 0 saturated heterocycles. The highest BCUT2D eigenvalue weighted by molar-refractivity contribution is 6.54. The van der Waals surface area contributed by atoms with Gasteiger partial charge in [-0.3, -0.25) is 0 Å². The van der Waals surface area contributed by atoms with E-state index in [2.05, 4.69) is 6.92 Å². The lowest BCUT2D eigenvalue weighted by molar-refractivity contribution is 0.0592. The summed E-state index contributed by atoms with van der Waals surface area (Å²) >= 11 is 0. The van der Waals surface area contributed by atoms with Crippen LogP contribution in [0.2, 0.25) is 6.04 Å². The molecule has 2 aliphatic carbocycles. The van der Waals surface area contributed by atoms with Crippen LogP contribution in [0.4, 0.5) is 8.78 Å². The second-order valence-electron chi connectivity index (χ2n) is 9.31. The highest BCUT2D eigenvalue weighted by atomic mass is 28.2. The van der Waals surface area contributed by atoms with Crippen molar-refractivity contribution in [2.75, 3.05) is 0 Å². The molecular formula is C25H38F2O2Si. The molecule has 0 bridgehead atoms. The second-order valence-corrected chi connectivity index (χ2v) is 10.6. The maximum Gasteiger partial charge on any atom is 0.236 e. The Balaban J connectivity index is 1.51. The van der Waals surface area contributed by atoms with Gasteiger partial charge in [-0.25, -0.2) is 8.78 Å². The molecule has 2 radical (unpaired) electrons. The van der Waals surface area contributed by atoms with Gasteiger partial charge in [0, 0.05) is 13.8 Å². The van der Waals surface area contributed by atoms with E-state index in [9.17, 15) is 8.78 Å². The zero-order chi connectivity index (χ0) is 21.5. The third-order valence-electron chi connectivity index (χ3n) is 7.16. The van der Waals surface area contributed by atoms with E-state index in [1.54, 1.807) is 6.07 Å². The average Bonchev–Trinajstić information content (AvgIpc) is 2.74. The SMILES string of the molecule is CCC1CCC(C2CCC(C[Si]c3cccc(OC(C)F)c3OC(C)F)CC2)CC1. The molecule has 168 valence electrons. The number of benzene rings is 1. The molecule has 0 heterocycles. The maximum absolute atomic E-state index is 13.6. The molecule has 1 aromatic rings. The van der Waals surface area contributed by atoms with E-state index < -0.39 is 12.7 Å². The standard InChI is InChI=1S/C25H38F2O2Si/c1-4-19-8-12-21(13-9-19)22-14-10-20(11-15-22)16-30-24-7-5-6-23(28-17(2)26)25(24)29-18(3)27/h5-7,17-22H,4,8-16H2,1-3H3. The van der Waals surface area contributed by atoms with Gasteiger partial charge in [0.1, 0.15) is 0 Å². The van der Waals surface area contributed by atoms with Crippen molar-refractivity contribution in [3.8, 4) is 11.5 Å².